The molecule has 2 aromatic rings. The van der Waals surface area contributed by atoms with Crippen LogP contribution in [0.5, 0.6) is 0 Å². The first-order valence-electron chi connectivity index (χ1n) is 11.3. The highest BCUT2D eigenvalue weighted by Gasteiger charge is 2.52. The Morgan fingerprint density at radius 1 is 0.848 bits per heavy atom. The summed E-state index contributed by atoms with van der Waals surface area (Å²) in [5, 5.41) is 2.16. The molecule has 7 heteroatoms. The summed E-state index contributed by atoms with van der Waals surface area (Å²) in [5.74, 6) is -0.551. The lowest BCUT2D eigenvalue weighted by Gasteiger charge is -2.46. The molecule has 2 aromatic carbocycles. The maximum absolute atomic E-state index is 12.2. The number of hydrogen-bond donors (Lipinski definition) is 0. The highest BCUT2D eigenvalue weighted by Crippen LogP contribution is 2.38. The van der Waals surface area contributed by atoms with E-state index in [1.165, 1.54) is 10.4 Å². The molecule has 0 amide bonds. The van der Waals surface area contributed by atoms with Crippen LogP contribution in [-0.4, -0.2) is 67.1 Å². The van der Waals surface area contributed by atoms with Crippen LogP contribution in [0.3, 0.4) is 0 Å². The van der Waals surface area contributed by atoms with Crippen molar-refractivity contribution in [2.45, 2.75) is 50.4 Å². The largest absolute Gasteiger partial charge is 0.405 e. The van der Waals surface area contributed by atoms with E-state index in [1.54, 1.807) is 21.3 Å². The summed E-state index contributed by atoms with van der Waals surface area (Å²) in [7, 11) is 1.92. The molecule has 0 radical (unpaired) electrons. The lowest BCUT2D eigenvalue weighted by Crippen LogP contribution is -2.68. The third-order valence-corrected chi connectivity index (χ3v) is 11.5. The number of rotatable bonds is 9. The molecule has 33 heavy (non-hydrogen) atoms. The number of hydrogen-bond acceptors (Lipinski definition) is 6. The van der Waals surface area contributed by atoms with Gasteiger partial charge in [-0.05, 0) is 15.4 Å². The van der Waals surface area contributed by atoms with Crippen molar-refractivity contribution < 1.29 is 28.2 Å². The fraction of sp³-hybridized carbons (Fsp3) is 0.500. The zero-order chi connectivity index (χ0) is 24.1. The van der Waals surface area contributed by atoms with Gasteiger partial charge in [0.2, 0.25) is 0 Å². The zero-order valence-electron chi connectivity index (χ0n) is 20.4. The van der Waals surface area contributed by atoms with Crippen molar-refractivity contribution in [3.05, 3.63) is 60.7 Å². The Kier molecular flexibility index (Phi) is 8.61. The topological polar surface area (TPSA) is 63.2 Å². The summed E-state index contributed by atoms with van der Waals surface area (Å²) in [5.41, 5.74) is 0. The molecule has 5 atom stereocenters. The van der Waals surface area contributed by atoms with Crippen LogP contribution in [-0.2, 0) is 28.2 Å². The highest BCUT2D eigenvalue weighted by molar-refractivity contribution is 6.99. The van der Waals surface area contributed by atoms with Gasteiger partial charge in [0.05, 0.1) is 18.6 Å². The molecule has 0 aromatic heterocycles. The van der Waals surface area contributed by atoms with Crippen LogP contribution in [0.1, 0.15) is 20.8 Å². The van der Waals surface area contributed by atoms with Gasteiger partial charge in [0.15, 0.2) is 6.29 Å². The molecule has 0 saturated carbocycles. The second kappa shape index (κ2) is 11.0. The summed E-state index contributed by atoms with van der Waals surface area (Å²) >= 11 is 0. The minimum absolute atomic E-state index is 0.183. The van der Waals surface area contributed by atoms with Gasteiger partial charge in [-0.1, -0.05) is 81.4 Å². The lowest BCUT2D eigenvalue weighted by atomic mass is 9.90. The molecule has 1 aliphatic heterocycles. The van der Waals surface area contributed by atoms with Crippen LogP contribution in [0.4, 0.5) is 0 Å². The van der Waals surface area contributed by atoms with Crippen molar-refractivity contribution >= 4 is 25.0 Å². The van der Waals surface area contributed by atoms with Crippen molar-refractivity contribution in [1.29, 1.82) is 0 Å². The average molecular weight is 473 g/mol. The van der Waals surface area contributed by atoms with Crippen LogP contribution in [0.2, 0.25) is 5.04 Å². The first-order chi connectivity index (χ1) is 15.8. The van der Waals surface area contributed by atoms with Crippen LogP contribution >= 0.6 is 0 Å². The van der Waals surface area contributed by atoms with Crippen molar-refractivity contribution in [2.75, 3.05) is 27.9 Å². The maximum atomic E-state index is 12.2. The molecular formula is C26H36O6Si. The van der Waals surface area contributed by atoms with E-state index in [0.29, 0.717) is 0 Å². The van der Waals surface area contributed by atoms with Gasteiger partial charge in [-0.25, -0.2) is 0 Å². The molecule has 1 saturated heterocycles. The summed E-state index contributed by atoms with van der Waals surface area (Å²) < 4.78 is 29.9. The van der Waals surface area contributed by atoms with Crippen LogP contribution in [0, 0.1) is 5.92 Å². The number of benzene rings is 2. The molecule has 1 heterocycles. The molecular weight excluding hydrogens is 436 g/mol. The van der Waals surface area contributed by atoms with E-state index in [0.717, 1.165) is 6.29 Å². The Morgan fingerprint density at radius 3 is 1.76 bits per heavy atom. The van der Waals surface area contributed by atoms with Gasteiger partial charge in [0.25, 0.3) is 8.32 Å². The number of methoxy groups -OCH3 is 3. The third kappa shape index (κ3) is 4.99. The van der Waals surface area contributed by atoms with E-state index >= 15 is 0 Å². The van der Waals surface area contributed by atoms with Gasteiger partial charge in [-0.3, -0.25) is 0 Å². The number of aldehydes is 1. The Labute approximate surface area is 198 Å². The molecule has 1 fully saturated rings. The number of carbonyl (C=O) groups is 1. The minimum atomic E-state index is -2.77. The Balaban J connectivity index is 2.03. The molecule has 3 rings (SSSR count). The molecule has 1 aliphatic rings. The molecule has 0 bridgehead atoms. The van der Waals surface area contributed by atoms with Crippen molar-refractivity contribution in [2.24, 2.45) is 5.92 Å². The van der Waals surface area contributed by atoms with E-state index in [2.05, 4.69) is 45.0 Å². The summed E-state index contributed by atoms with van der Waals surface area (Å²) in [6.07, 6.45) is -1.33. The molecule has 6 nitrogen and oxygen atoms in total. The van der Waals surface area contributed by atoms with E-state index in [-0.39, 0.29) is 11.6 Å². The SMILES string of the molecule is CO[C@H]1O[C@H](CO[Si](c2ccccc2)(c2ccccc2)C(C)(C)C)[C@H](C=O)[C@H](OC)[C@H]1OC. The Morgan fingerprint density at radius 2 is 1.36 bits per heavy atom. The van der Waals surface area contributed by atoms with Gasteiger partial charge in [-0.2, -0.15) is 0 Å². The highest BCUT2D eigenvalue weighted by atomic mass is 28.4. The predicted octanol–water partition coefficient (Wildman–Crippen LogP) is 2.78. The zero-order valence-corrected chi connectivity index (χ0v) is 21.4. The Bertz CT molecular complexity index is 830. The number of carbonyl (C=O) groups excluding carboxylic acids is 1. The quantitative estimate of drug-likeness (QED) is 0.413. The third-order valence-electron chi connectivity index (χ3n) is 6.52. The van der Waals surface area contributed by atoms with E-state index in [4.69, 9.17) is 23.4 Å². The predicted molar refractivity (Wildman–Crippen MR) is 130 cm³/mol. The van der Waals surface area contributed by atoms with E-state index < -0.39 is 38.8 Å². The van der Waals surface area contributed by atoms with Crippen LogP contribution in [0.15, 0.2) is 60.7 Å². The van der Waals surface area contributed by atoms with Crippen molar-refractivity contribution in [3.63, 3.8) is 0 Å². The van der Waals surface area contributed by atoms with Crippen molar-refractivity contribution in [1.82, 2.24) is 0 Å². The summed E-state index contributed by atoms with van der Waals surface area (Å²) in [4.78, 5) is 12.2. The monoisotopic (exact) mass is 472 g/mol. The Hall–Kier alpha value is -1.87. The average Bonchev–Trinajstić information content (AvgIpc) is 2.83. The minimum Gasteiger partial charge on any atom is -0.405 e. The van der Waals surface area contributed by atoms with E-state index in [1.807, 2.05) is 36.4 Å². The second-order valence-corrected chi connectivity index (χ2v) is 13.7. The molecule has 0 spiro atoms. The lowest BCUT2D eigenvalue weighted by molar-refractivity contribution is -0.285. The van der Waals surface area contributed by atoms with Crippen molar-refractivity contribution in [3.8, 4) is 0 Å². The van der Waals surface area contributed by atoms with Crippen LogP contribution in [0.25, 0.3) is 0 Å². The van der Waals surface area contributed by atoms with E-state index in [9.17, 15) is 4.79 Å². The smallest absolute Gasteiger partial charge is 0.261 e. The maximum Gasteiger partial charge on any atom is 0.261 e. The fourth-order valence-corrected chi connectivity index (χ4v) is 9.51. The van der Waals surface area contributed by atoms with Gasteiger partial charge >= 0.3 is 0 Å². The number of ether oxygens (including phenoxy) is 4. The second-order valence-electron chi connectivity index (χ2n) is 9.37. The van der Waals surface area contributed by atoms with Gasteiger partial charge in [0, 0.05) is 21.3 Å². The van der Waals surface area contributed by atoms with Gasteiger partial charge in [0.1, 0.15) is 18.5 Å². The van der Waals surface area contributed by atoms with Gasteiger partial charge < -0.3 is 28.2 Å². The van der Waals surface area contributed by atoms with Crippen LogP contribution < -0.4 is 10.4 Å². The molecule has 0 aliphatic carbocycles. The molecule has 0 unspecified atom stereocenters. The summed E-state index contributed by atoms with van der Waals surface area (Å²) in [6, 6.07) is 20.8. The first-order valence-corrected chi connectivity index (χ1v) is 13.2. The molecule has 0 N–H and O–H groups in total. The molecule has 180 valence electrons. The van der Waals surface area contributed by atoms with Gasteiger partial charge in [-0.15, -0.1) is 0 Å². The summed E-state index contributed by atoms with van der Waals surface area (Å²) in [6.45, 7) is 6.88. The standard InChI is InChI=1S/C26H36O6Si/c1-26(2,3)33(19-13-9-7-10-14-19,20-15-11-8-12-16-20)31-18-22-21(17-27)23(28-4)24(29-5)25(30-6)32-22/h7-17,21-25H,18H2,1-6H3/t21-,22+,23-,24+,25-/m0/s1. The normalized spacial score (nSPS) is 26.2. The first kappa shape index (κ1) is 25.7. The fourth-order valence-electron chi connectivity index (χ4n) is 4.94.